The zero-order chi connectivity index (χ0) is 20.0. The molecule has 0 spiro atoms. The maximum Gasteiger partial charge on any atom is 0.328 e. The van der Waals surface area contributed by atoms with Gasteiger partial charge in [-0.2, -0.15) is 0 Å². The van der Waals surface area contributed by atoms with Crippen LogP contribution in [0.5, 0.6) is 0 Å². The van der Waals surface area contributed by atoms with Crippen molar-refractivity contribution in [1.82, 2.24) is 4.98 Å². The van der Waals surface area contributed by atoms with Gasteiger partial charge in [0.05, 0.1) is 11.2 Å². The molecule has 0 amide bonds. The maximum absolute atomic E-state index is 11.2. The molecule has 1 aliphatic rings. The topological polar surface area (TPSA) is 140 Å². The average Bonchev–Trinajstić information content (AvgIpc) is 2.61. The summed E-state index contributed by atoms with van der Waals surface area (Å²) in [6.07, 6.45) is 3.54. The number of aliphatic carboxylic acids is 2. The summed E-state index contributed by atoms with van der Waals surface area (Å²) in [5.41, 5.74) is 9.76. The summed E-state index contributed by atoms with van der Waals surface area (Å²) in [7, 11) is 0. The first kappa shape index (κ1) is 19.9. The SMILES string of the molecule is CC(=O)OC1CCCc2c1nc1ccccc1c2N.O=C(O)/C=C/C(=O)O. The van der Waals surface area contributed by atoms with Crippen LogP contribution in [0.2, 0.25) is 0 Å². The van der Waals surface area contributed by atoms with Crippen molar-refractivity contribution in [3.05, 3.63) is 47.7 Å². The molecule has 1 heterocycles. The predicted molar refractivity (Wildman–Crippen MR) is 98.0 cm³/mol. The van der Waals surface area contributed by atoms with Crippen molar-refractivity contribution in [1.29, 1.82) is 0 Å². The van der Waals surface area contributed by atoms with Gasteiger partial charge in [-0.15, -0.1) is 0 Å². The molecule has 142 valence electrons. The number of hydrogen-bond acceptors (Lipinski definition) is 6. The number of rotatable bonds is 3. The van der Waals surface area contributed by atoms with Crippen LogP contribution in [0.15, 0.2) is 36.4 Å². The highest BCUT2D eigenvalue weighted by molar-refractivity contribution is 5.92. The van der Waals surface area contributed by atoms with Crippen molar-refractivity contribution >= 4 is 34.5 Å². The van der Waals surface area contributed by atoms with Gasteiger partial charge in [-0.05, 0) is 25.3 Å². The van der Waals surface area contributed by atoms with Crippen molar-refractivity contribution in [3.63, 3.8) is 0 Å². The number of nitrogens with zero attached hydrogens (tertiary/aromatic N) is 1. The summed E-state index contributed by atoms with van der Waals surface area (Å²) in [4.78, 5) is 35.0. The van der Waals surface area contributed by atoms with Gasteiger partial charge < -0.3 is 20.7 Å². The fourth-order valence-corrected chi connectivity index (χ4v) is 2.88. The number of nitrogens with two attached hydrogens (primary N) is 1. The Morgan fingerprint density at radius 1 is 1.19 bits per heavy atom. The van der Waals surface area contributed by atoms with Gasteiger partial charge >= 0.3 is 17.9 Å². The summed E-state index contributed by atoms with van der Waals surface area (Å²) in [5.74, 6) is -2.79. The second-order valence-electron chi connectivity index (χ2n) is 5.91. The van der Waals surface area contributed by atoms with Crippen molar-refractivity contribution in [2.24, 2.45) is 0 Å². The lowest BCUT2D eigenvalue weighted by atomic mass is 9.91. The lowest BCUT2D eigenvalue weighted by Gasteiger charge is -2.25. The van der Waals surface area contributed by atoms with E-state index >= 15 is 0 Å². The Kier molecular flexibility index (Phi) is 6.48. The molecular formula is C19H20N2O6. The average molecular weight is 372 g/mol. The van der Waals surface area contributed by atoms with Gasteiger partial charge in [-0.3, -0.25) is 4.79 Å². The summed E-state index contributed by atoms with van der Waals surface area (Å²) in [6, 6.07) is 7.81. The van der Waals surface area contributed by atoms with Crippen molar-refractivity contribution in [2.45, 2.75) is 32.3 Å². The molecule has 1 aromatic heterocycles. The van der Waals surface area contributed by atoms with Gasteiger partial charge in [0.25, 0.3) is 0 Å². The molecule has 1 atom stereocenters. The quantitative estimate of drug-likeness (QED) is 0.551. The summed E-state index contributed by atoms with van der Waals surface area (Å²) < 4.78 is 5.36. The number of esters is 1. The molecule has 0 aliphatic heterocycles. The van der Waals surface area contributed by atoms with Crippen molar-refractivity contribution in [2.75, 3.05) is 5.73 Å². The van der Waals surface area contributed by atoms with E-state index in [0.717, 1.165) is 47.1 Å². The van der Waals surface area contributed by atoms with E-state index in [2.05, 4.69) is 4.98 Å². The molecule has 8 heteroatoms. The van der Waals surface area contributed by atoms with Crippen molar-refractivity contribution in [3.8, 4) is 0 Å². The zero-order valence-electron chi connectivity index (χ0n) is 14.7. The van der Waals surface area contributed by atoms with E-state index in [1.165, 1.54) is 6.92 Å². The normalized spacial score (nSPS) is 15.5. The number of benzene rings is 1. The highest BCUT2D eigenvalue weighted by Gasteiger charge is 2.26. The van der Waals surface area contributed by atoms with Crippen LogP contribution in [0.3, 0.4) is 0 Å². The third-order valence-electron chi connectivity index (χ3n) is 3.94. The van der Waals surface area contributed by atoms with E-state index in [9.17, 15) is 14.4 Å². The molecule has 0 saturated heterocycles. The number of ether oxygens (including phenoxy) is 1. The van der Waals surface area contributed by atoms with Gasteiger partial charge in [0.1, 0.15) is 6.10 Å². The van der Waals surface area contributed by atoms with Crippen LogP contribution >= 0.6 is 0 Å². The van der Waals surface area contributed by atoms with E-state index < -0.39 is 11.9 Å². The van der Waals surface area contributed by atoms with Crippen LogP contribution in [0.1, 0.15) is 37.1 Å². The largest absolute Gasteiger partial charge is 0.478 e. The number of fused-ring (bicyclic) bond motifs is 2. The molecule has 1 aromatic carbocycles. The fraction of sp³-hybridized carbons (Fsp3) is 0.263. The van der Waals surface area contributed by atoms with Crippen LogP contribution in [0.25, 0.3) is 10.9 Å². The summed E-state index contributed by atoms with van der Waals surface area (Å²) in [6.45, 7) is 1.43. The number of carbonyl (C=O) groups excluding carboxylic acids is 1. The van der Waals surface area contributed by atoms with E-state index in [1.54, 1.807) is 0 Å². The van der Waals surface area contributed by atoms with Crippen LogP contribution in [0.4, 0.5) is 5.69 Å². The Labute approximate surface area is 155 Å². The summed E-state index contributed by atoms with van der Waals surface area (Å²) in [5, 5.41) is 16.6. The molecular weight excluding hydrogens is 352 g/mol. The lowest BCUT2D eigenvalue weighted by molar-refractivity contribution is -0.147. The number of nitrogen functional groups attached to an aromatic ring is 1. The number of hydrogen-bond donors (Lipinski definition) is 3. The number of aromatic nitrogens is 1. The molecule has 1 aliphatic carbocycles. The first-order valence-corrected chi connectivity index (χ1v) is 8.27. The molecule has 3 rings (SSSR count). The van der Waals surface area contributed by atoms with Crippen LogP contribution < -0.4 is 5.73 Å². The molecule has 8 nitrogen and oxygen atoms in total. The maximum atomic E-state index is 11.2. The Hall–Kier alpha value is -3.42. The van der Waals surface area contributed by atoms with Crippen molar-refractivity contribution < 1.29 is 29.3 Å². The minimum absolute atomic E-state index is 0.256. The Balaban J connectivity index is 0.000000279. The van der Waals surface area contributed by atoms with E-state index in [-0.39, 0.29) is 12.1 Å². The molecule has 4 N–H and O–H groups in total. The lowest BCUT2D eigenvalue weighted by Crippen LogP contribution is -2.18. The standard InChI is InChI=1S/C15H16N2O2.C4H4O4/c1-9(18)19-13-8-4-6-11-14(16)10-5-2-3-7-12(10)17-15(11)13;5-3(6)1-2-4(7)8/h2-3,5,7,13H,4,6,8H2,1H3,(H2,16,17);1-2H,(H,5,6)(H,7,8)/b;2-1+. The molecule has 27 heavy (non-hydrogen) atoms. The predicted octanol–water partition coefficient (Wildman–Crippen LogP) is 2.47. The fourth-order valence-electron chi connectivity index (χ4n) is 2.88. The van der Waals surface area contributed by atoms with E-state index in [0.29, 0.717) is 12.2 Å². The van der Waals surface area contributed by atoms with Crippen LogP contribution in [0, 0.1) is 0 Å². The van der Waals surface area contributed by atoms with Gasteiger partial charge in [0.15, 0.2) is 0 Å². The molecule has 0 bridgehead atoms. The third-order valence-corrected chi connectivity index (χ3v) is 3.94. The molecule has 2 aromatic rings. The second kappa shape index (κ2) is 8.79. The Morgan fingerprint density at radius 3 is 2.41 bits per heavy atom. The smallest absolute Gasteiger partial charge is 0.328 e. The van der Waals surface area contributed by atoms with Crippen LogP contribution in [-0.4, -0.2) is 33.1 Å². The van der Waals surface area contributed by atoms with E-state index in [4.69, 9.17) is 20.7 Å². The number of carboxylic acid groups (broad SMARTS) is 2. The van der Waals surface area contributed by atoms with Gasteiger partial charge in [-0.25, -0.2) is 14.6 Å². The monoisotopic (exact) mass is 372 g/mol. The van der Waals surface area contributed by atoms with E-state index in [1.807, 2.05) is 24.3 Å². The Bertz CT molecular complexity index is 890. The highest BCUT2D eigenvalue weighted by atomic mass is 16.5. The number of pyridine rings is 1. The molecule has 0 fully saturated rings. The minimum atomic E-state index is -1.26. The first-order chi connectivity index (χ1) is 12.8. The zero-order valence-corrected chi connectivity index (χ0v) is 14.7. The second-order valence-corrected chi connectivity index (χ2v) is 5.91. The number of carboxylic acids is 2. The number of para-hydroxylation sites is 1. The van der Waals surface area contributed by atoms with Gasteiger partial charge in [0, 0.05) is 35.7 Å². The molecule has 0 radical (unpaired) electrons. The number of carbonyl (C=O) groups is 3. The molecule has 0 saturated carbocycles. The first-order valence-electron chi connectivity index (χ1n) is 8.27. The van der Waals surface area contributed by atoms with Crippen LogP contribution in [-0.2, 0) is 25.5 Å². The minimum Gasteiger partial charge on any atom is -0.478 e. The summed E-state index contributed by atoms with van der Waals surface area (Å²) >= 11 is 0. The van der Waals surface area contributed by atoms with Gasteiger partial charge in [0.2, 0.25) is 0 Å². The van der Waals surface area contributed by atoms with Gasteiger partial charge in [-0.1, -0.05) is 18.2 Å². The highest BCUT2D eigenvalue weighted by Crippen LogP contribution is 2.37. The molecule has 1 unspecified atom stereocenters. The number of anilines is 1. The third kappa shape index (κ3) is 5.27. The Morgan fingerprint density at radius 2 is 1.81 bits per heavy atom.